The van der Waals surface area contributed by atoms with E-state index in [1.54, 1.807) is 0 Å². The molecule has 0 aromatic carbocycles. The fourth-order valence-electron chi connectivity index (χ4n) is 1.86. The Kier molecular flexibility index (Phi) is 3.62. The van der Waals surface area contributed by atoms with Gasteiger partial charge in [0.2, 0.25) is 0 Å². The molecule has 1 aromatic heterocycles. The zero-order chi connectivity index (χ0) is 11.2. The third kappa shape index (κ3) is 2.87. The lowest BCUT2D eigenvalue weighted by molar-refractivity contribution is -0.677. The fraction of sp³-hybridized carbons (Fsp3) is 0.545. The second-order valence-corrected chi connectivity index (χ2v) is 3.98. The molecule has 1 unspecified atom stereocenters. The molecule has 0 saturated carbocycles. The van der Waals surface area contributed by atoms with Gasteiger partial charge in [0, 0.05) is 23.6 Å². The van der Waals surface area contributed by atoms with Crippen molar-refractivity contribution < 1.29 is 4.68 Å². The first-order chi connectivity index (χ1) is 7.92. The molecule has 2 heterocycles. The van der Waals surface area contributed by atoms with E-state index in [-0.39, 0.29) is 0 Å². The number of nitrogens with zero attached hydrogens (tertiary/aromatic N) is 5. The standard InChI is InChI=1S/C11H16N5/c12-14-13-7-3-2-6-11-10-16(11)15-8-4-1-5-9-15/h1,4-5,8-9,11H,2-3,6-7,10H2/q+1. The Balaban J connectivity index is 1.66. The van der Waals surface area contributed by atoms with Crippen molar-refractivity contribution in [3.63, 3.8) is 0 Å². The van der Waals surface area contributed by atoms with Crippen LogP contribution in [0.3, 0.4) is 0 Å². The molecule has 1 aliphatic heterocycles. The Bertz CT molecular complexity index is 371. The maximum atomic E-state index is 8.12. The lowest BCUT2D eigenvalue weighted by atomic mass is 10.2. The van der Waals surface area contributed by atoms with Crippen molar-refractivity contribution in [1.29, 1.82) is 0 Å². The molecule has 1 aromatic rings. The van der Waals surface area contributed by atoms with E-state index >= 15 is 0 Å². The number of pyridine rings is 1. The highest BCUT2D eigenvalue weighted by atomic mass is 15.6. The zero-order valence-corrected chi connectivity index (χ0v) is 9.24. The van der Waals surface area contributed by atoms with Gasteiger partial charge in [0.05, 0.1) is 6.54 Å². The van der Waals surface area contributed by atoms with E-state index in [4.69, 9.17) is 5.53 Å². The lowest BCUT2D eigenvalue weighted by Gasteiger charge is -1.98. The van der Waals surface area contributed by atoms with Crippen LogP contribution in [-0.2, 0) is 0 Å². The Labute approximate surface area is 94.9 Å². The number of aromatic nitrogens is 1. The van der Waals surface area contributed by atoms with Gasteiger partial charge in [0.15, 0.2) is 12.4 Å². The van der Waals surface area contributed by atoms with Gasteiger partial charge in [-0.25, -0.2) is 0 Å². The van der Waals surface area contributed by atoms with Crippen LogP contribution in [0.2, 0.25) is 0 Å². The lowest BCUT2D eigenvalue weighted by Crippen LogP contribution is -2.45. The molecule has 84 valence electrons. The zero-order valence-electron chi connectivity index (χ0n) is 9.24. The minimum Gasteiger partial charge on any atom is -0.174 e. The highest BCUT2D eigenvalue weighted by Gasteiger charge is 2.40. The van der Waals surface area contributed by atoms with Gasteiger partial charge in [-0.15, -0.1) is 0 Å². The number of azide groups is 1. The van der Waals surface area contributed by atoms with E-state index in [1.807, 2.05) is 18.2 Å². The average Bonchev–Trinajstić information content (AvgIpc) is 3.10. The van der Waals surface area contributed by atoms with Gasteiger partial charge in [-0.2, -0.15) is 5.01 Å². The van der Waals surface area contributed by atoms with Crippen LogP contribution in [0.1, 0.15) is 19.3 Å². The monoisotopic (exact) mass is 218 g/mol. The summed E-state index contributed by atoms with van der Waals surface area (Å²) in [7, 11) is 0. The van der Waals surface area contributed by atoms with Crippen molar-refractivity contribution in [2.45, 2.75) is 25.3 Å². The van der Waals surface area contributed by atoms with Crippen molar-refractivity contribution in [2.24, 2.45) is 5.11 Å². The summed E-state index contributed by atoms with van der Waals surface area (Å²) in [5.41, 5.74) is 8.12. The molecular weight excluding hydrogens is 202 g/mol. The summed E-state index contributed by atoms with van der Waals surface area (Å²) in [6.45, 7) is 1.76. The van der Waals surface area contributed by atoms with Gasteiger partial charge >= 0.3 is 0 Å². The SMILES string of the molecule is [N-]=[N+]=NCCCCC1CN1[n+]1ccccc1. The molecule has 0 amide bonds. The van der Waals surface area contributed by atoms with Gasteiger partial charge in [-0.3, -0.25) is 0 Å². The number of hydrogen-bond donors (Lipinski definition) is 0. The average molecular weight is 218 g/mol. The van der Waals surface area contributed by atoms with Crippen LogP contribution in [0.5, 0.6) is 0 Å². The topological polar surface area (TPSA) is 55.7 Å². The molecule has 1 aliphatic rings. The third-order valence-electron chi connectivity index (χ3n) is 2.79. The van der Waals surface area contributed by atoms with Gasteiger partial charge in [0.25, 0.3) is 0 Å². The molecule has 5 nitrogen and oxygen atoms in total. The quantitative estimate of drug-likeness (QED) is 0.179. The van der Waals surface area contributed by atoms with Crippen molar-refractivity contribution in [2.75, 3.05) is 18.1 Å². The van der Waals surface area contributed by atoms with Gasteiger partial charge in [-0.1, -0.05) is 22.3 Å². The molecule has 0 aliphatic carbocycles. The van der Waals surface area contributed by atoms with Crippen LogP contribution in [0.15, 0.2) is 35.7 Å². The molecule has 1 atom stereocenters. The van der Waals surface area contributed by atoms with Crippen LogP contribution in [0.4, 0.5) is 0 Å². The van der Waals surface area contributed by atoms with Gasteiger partial charge in [0.1, 0.15) is 6.04 Å². The van der Waals surface area contributed by atoms with E-state index < -0.39 is 0 Å². The van der Waals surface area contributed by atoms with Crippen LogP contribution in [0, 0.1) is 0 Å². The Hall–Kier alpha value is -1.74. The van der Waals surface area contributed by atoms with E-state index in [2.05, 4.69) is 32.1 Å². The fourth-order valence-corrected chi connectivity index (χ4v) is 1.86. The predicted octanol–water partition coefficient (Wildman–Crippen LogP) is 1.77. The number of hydrogen-bond acceptors (Lipinski definition) is 2. The molecular formula is C11H16N5+. The summed E-state index contributed by atoms with van der Waals surface area (Å²) in [5, 5.41) is 5.85. The molecule has 2 rings (SSSR count). The maximum absolute atomic E-state index is 8.12. The number of rotatable bonds is 6. The minimum absolute atomic E-state index is 0.627. The smallest absolute Gasteiger partial charge is 0.174 e. The first kappa shape index (κ1) is 10.8. The Morgan fingerprint density at radius 1 is 1.31 bits per heavy atom. The summed E-state index contributed by atoms with van der Waals surface area (Å²) < 4.78 is 2.14. The summed E-state index contributed by atoms with van der Waals surface area (Å²) in [4.78, 5) is 2.74. The van der Waals surface area contributed by atoms with Crippen molar-refractivity contribution in [1.82, 2.24) is 0 Å². The normalized spacial score (nSPS) is 18.0. The van der Waals surface area contributed by atoms with Crippen molar-refractivity contribution in [3.8, 4) is 0 Å². The second kappa shape index (κ2) is 5.37. The summed E-state index contributed by atoms with van der Waals surface area (Å²) in [6.07, 6.45) is 7.45. The van der Waals surface area contributed by atoms with Crippen LogP contribution >= 0.6 is 0 Å². The Morgan fingerprint density at radius 3 is 2.88 bits per heavy atom. The molecule has 16 heavy (non-hydrogen) atoms. The highest BCUT2D eigenvalue weighted by molar-refractivity contribution is 5.04. The van der Waals surface area contributed by atoms with E-state index in [0.29, 0.717) is 12.6 Å². The largest absolute Gasteiger partial charge is 0.199 e. The summed E-state index contributed by atoms with van der Waals surface area (Å²) in [5.74, 6) is 0. The molecule has 0 N–H and O–H groups in total. The first-order valence-electron chi connectivity index (χ1n) is 5.66. The first-order valence-corrected chi connectivity index (χ1v) is 5.66. The van der Waals surface area contributed by atoms with Crippen LogP contribution < -0.4 is 9.69 Å². The van der Waals surface area contributed by atoms with Crippen LogP contribution in [-0.4, -0.2) is 19.1 Å². The predicted molar refractivity (Wildman–Crippen MR) is 61.4 cm³/mol. The second-order valence-electron chi connectivity index (χ2n) is 3.98. The molecule has 1 saturated heterocycles. The Morgan fingerprint density at radius 2 is 2.12 bits per heavy atom. The highest BCUT2D eigenvalue weighted by Crippen LogP contribution is 2.17. The maximum Gasteiger partial charge on any atom is 0.199 e. The van der Waals surface area contributed by atoms with Crippen molar-refractivity contribution in [3.05, 3.63) is 41.0 Å². The van der Waals surface area contributed by atoms with Crippen molar-refractivity contribution >= 4 is 0 Å². The number of unbranched alkanes of at least 4 members (excludes halogenated alkanes) is 1. The molecule has 0 bridgehead atoms. The molecule has 5 heteroatoms. The molecule has 1 fully saturated rings. The summed E-state index contributed by atoms with van der Waals surface area (Å²) >= 11 is 0. The molecule has 0 radical (unpaired) electrons. The van der Waals surface area contributed by atoms with Gasteiger partial charge < -0.3 is 0 Å². The minimum atomic E-state index is 0.627. The summed E-state index contributed by atoms with van der Waals surface area (Å²) in [6, 6.07) is 6.77. The van der Waals surface area contributed by atoms with Crippen LogP contribution in [0.25, 0.3) is 10.4 Å². The molecule has 0 spiro atoms. The van der Waals surface area contributed by atoms with Gasteiger partial charge in [-0.05, 0) is 18.4 Å². The van der Waals surface area contributed by atoms with E-state index in [1.165, 1.54) is 6.42 Å². The third-order valence-corrected chi connectivity index (χ3v) is 2.79. The van der Waals surface area contributed by atoms with E-state index in [0.717, 1.165) is 19.4 Å². The van der Waals surface area contributed by atoms with E-state index in [9.17, 15) is 0 Å².